The summed E-state index contributed by atoms with van der Waals surface area (Å²) < 4.78 is 0. The highest BCUT2D eigenvalue weighted by Crippen LogP contribution is 2.23. The molecule has 2 nitrogen and oxygen atoms in total. The minimum atomic E-state index is 0.207. The van der Waals surface area contributed by atoms with Crippen molar-refractivity contribution in [3.63, 3.8) is 0 Å². The second kappa shape index (κ2) is 4.23. The van der Waals surface area contributed by atoms with Gasteiger partial charge in [-0.15, -0.1) is 0 Å². The van der Waals surface area contributed by atoms with E-state index in [9.17, 15) is 0 Å². The Morgan fingerprint density at radius 2 is 2.27 bits per heavy atom. The van der Waals surface area contributed by atoms with Crippen LogP contribution in [0.3, 0.4) is 0 Å². The molecule has 1 unspecified atom stereocenters. The van der Waals surface area contributed by atoms with Crippen molar-refractivity contribution in [2.45, 2.75) is 26.4 Å². The molecule has 0 saturated carbocycles. The van der Waals surface area contributed by atoms with E-state index in [1.165, 1.54) is 0 Å². The lowest BCUT2D eigenvalue weighted by atomic mass is 9.99. The van der Waals surface area contributed by atoms with Gasteiger partial charge in [0.15, 0.2) is 0 Å². The molecule has 0 amide bonds. The van der Waals surface area contributed by atoms with Crippen molar-refractivity contribution in [1.29, 1.82) is 0 Å². The van der Waals surface area contributed by atoms with Gasteiger partial charge in [-0.3, -0.25) is 0 Å². The van der Waals surface area contributed by atoms with Crippen LogP contribution in [-0.2, 0) is 4.84 Å². The van der Waals surface area contributed by atoms with Crippen LogP contribution in [0, 0.1) is 5.92 Å². The number of rotatable bonds is 2. The first-order valence-electron chi connectivity index (χ1n) is 5.15. The Hall–Kier alpha value is -1.02. The van der Waals surface area contributed by atoms with E-state index in [1.54, 1.807) is 0 Å². The number of nitrogens with zero attached hydrogens (tertiary/aromatic N) is 1. The van der Waals surface area contributed by atoms with Crippen molar-refractivity contribution in [1.82, 2.24) is 0 Å². The molecule has 3 heteroatoms. The Bertz CT molecular complexity index is 387. The Labute approximate surface area is 94.9 Å². The zero-order chi connectivity index (χ0) is 10.8. The predicted octanol–water partition coefficient (Wildman–Crippen LogP) is 3.49. The maximum Gasteiger partial charge on any atom is 0.135 e. The first kappa shape index (κ1) is 10.5. The third kappa shape index (κ3) is 2.32. The van der Waals surface area contributed by atoms with Crippen molar-refractivity contribution in [3.8, 4) is 0 Å². The first-order chi connectivity index (χ1) is 7.16. The van der Waals surface area contributed by atoms with Gasteiger partial charge in [-0.2, -0.15) is 0 Å². The van der Waals surface area contributed by atoms with E-state index in [-0.39, 0.29) is 6.10 Å². The number of oxime groups is 1. The summed E-state index contributed by atoms with van der Waals surface area (Å²) in [6, 6.07) is 7.73. The quantitative estimate of drug-likeness (QED) is 0.752. The molecule has 0 radical (unpaired) electrons. The zero-order valence-corrected chi connectivity index (χ0v) is 9.66. The molecule has 0 saturated heterocycles. The summed E-state index contributed by atoms with van der Waals surface area (Å²) in [5.74, 6) is 0.491. The smallest absolute Gasteiger partial charge is 0.135 e. The van der Waals surface area contributed by atoms with E-state index in [1.807, 2.05) is 24.3 Å². The van der Waals surface area contributed by atoms with Gasteiger partial charge < -0.3 is 4.84 Å². The van der Waals surface area contributed by atoms with Crippen LogP contribution in [0.25, 0.3) is 0 Å². The molecule has 1 aromatic rings. The lowest BCUT2D eigenvalue weighted by Gasteiger charge is -2.10. The van der Waals surface area contributed by atoms with E-state index in [0.29, 0.717) is 5.92 Å². The summed E-state index contributed by atoms with van der Waals surface area (Å²) in [5.41, 5.74) is 2.06. The van der Waals surface area contributed by atoms with Crippen LogP contribution in [0.1, 0.15) is 25.8 Å². The molecular formula is C12H14ClNO. The largest absolute Gasteiger partial charge is 0.392 e. The molecule has 1 aromatic carbocycles. The summed E-state index contributed by atoms with van der Waals surface area (Å²) in [6.45, 7) is 4.28. The molecule has 1 aliphatic rings. The number of halogens is 1. The van der Waals surface area contributed by atoms with Crippen LogP contribution >= 0.6 is 11.6 Å². The number of benzene rings is 1. The Morgan fingerprint density at radius 3 is 2.87 bits per heavy atom. The molecule has 1 aliphatic heterocycles. The number of hydrogen-bond acceptors (Lipinski definition) is 2. The third-order valence-corrected chi connectivity index (χ3v) is 2.83. The van der Waals surface area contributed by atoms with Gasteiger partial charge in [0.05, 0.1) is 5.71 Å². The van der Waals surface area contributed by atoms with Crippen molar-refractivity contribution in [2.24, 2.45) is 11.1 Å². The van der Waals surface area contributed by atoms with Gasteiger partial charge in [-0.25, -0.2) is 0 Å². The van der Waals surface area contributed by atoms with Crippen LogP contribution in [0.2, 0.25) is 5.02 Å². The van der Waals surface area contributed by atoms with Gasteiger partial charge in [0.1, 0.15) is 6.10 Å². The van der Waals surface area contributed by atoms with Gasteiger partial charge in [0.2, 0.25) is 0 Å². The molecule has 80 valence electrons. The fourth-order valence-corrected chi connectivity index (χ4v) is 1.78. The maximum absolute atomic E-state index is 5.93. The van der Waals surface area contributed by atoms with E-state index in [0.717, 1.165) is 22.7 Å². The van der Waals surface area contributed by atoms with Crippen LogP contribution in [0.15, 0.2) is 29.4 Å². The third-order valence-electron chi connectivity index (χ3n) is 2.59. The zero-order valence-electron chi connectivity index (χ0n) is 8.90. The van der Waals surface area contributed by atoms with Crippen LogP contribution in [0.5, 0.6) is 0 Å². The highest BCUT2D eigenvalue weighted by molar-refractivity contribution is 6.31. The average molecular weight is 224 g/mol. The van der Waals surface area contributed by atoms with E-state index in [2.05, 4.69) is 19.0 Å². The summed E-state index contributed by atoms with van der Waals surface area (Å²) in [7, 11) is 0. The fourth-order valence-electron chi connectivity index (χ4n) is 1.59. The highest BCUT2D eigenvalue weighted by Gasteiger charge is 2.24. The van der Waals surface area contributed by atoms with Gasteiger partial charge in [0.25, 0.3) is 0 Å². The summed E-state index contributed by atoms with van der Waals surface area (Å²) in [5, 5.41) is 4.85. The summed E-state index contributed by atoms with van der Waals surface area (Å²) in [6.07, 6.45) is 1.08. The van der Waals surface area contributed by atoms with E-state index < -0.39 is 0 Å². The molecule has 0 N–H and O–H groups in total. The SMILES string of the molecule is CC(C)C1CC(c2cccc(Cl)c2)=NO1. The average Bonchev–Trinajstić information content (AvgIpc) is 2.66. The summed E-state index contributed by atoms with van der Waals surface area (Å²) in [4.78, 5) is 5.37. The molecule has 1 heterocycles. The molecule has 0 aliphatic carbocycles. The second-order valence-electron chi connectivity index (χ2n) is 4.14. The van der Waals surface area contributed by atoms with Gasteiger partial charge in [-0.1, -0.05) is 42.7 Å². The first-order valence-corrected chi connectivity index (χ1v) is 5.53. The van der Waals surface area contributed by atoms with Crippen molar-refractivity contribution in [3.05, 3.63) is 34.9 Å². The Morgan fingerprint density at radius 1 is 1.47 bits per heavy atom. The molecule has 2 rings (SSSR count). The molecule has 0 fully saturated rings. The Kier molecular flexibility index (Phi) is 2.96. The topological polar surface area (TPSA) is 21.6 Å². The van der Waals surface area contributed by atoms with Gasteiger partial charge >= 0.3 is 0 Å². The van der Waals surface area contributed by atoms with Gasteiger partial charge in [-0.05, 0) is 18.1 Å². The molecule has 1 atom stereocenters. The standard InChI is InChI=1S/C12H14ClNO/c1-8(2)12-7-11(14-15-12)9-4-3-5-10(13)6-9/h3-6,8,12H,7H2,1-2H3. The summed E-state index contributed by atoms with van der Waals surface area (Å²) >= 11 is 5.93. The van der Waals surface area contributed by atoms with Crippen LogP contribution < -0.4 is 0 Å². The number of hydrogen-bond donors (Lipinski definition) is 0. The molecule has 0 spiro atoms. The fraction of sp³-hybridized carbons (Fsp3) is 0.417. The van der Waals surface area contributed by atoms with Gasteiger partial charge in [0, 0.05) is 17.0 Å². The predicted molar refractivity (Wildman–Crippen MR) is 62.3 cm³/mol. The lowest BCUT2D eigenvalue weighted by molar-refractivity contribution is 0.0521. The van der Waals surface area contributed by atoms with E-state index in [4.69, 9.17) is 16.4 Å². The van der Waals surface area contributed by atoms with Crippen molar-refractivity contribution >= 4 is 17.3 Å². The van der Waals surface area contributed by atoms with E-state index >= 15 is 0 Å². The lowest BCUT2D eigenvalue weighted by Crippen LogP contribution is -2.15. The maximum atomic E-state index is 5.93. The molecular weight excluding hydrogens is 210 g/mol. The minimum Gasteiger partial charge on any atom is -0.392 e. The van der Waals surface area contributed by atoms with Crippen LogP contribution in [0.4, 0.5) is 0 Å². The molecule has 0 bridgehead atoms. The van der Waals surface area contributed by atoms with Crippen molar-refractivity contribution < 1.29 is 4.84 Å². The Balaban J connectivity index is 2.14. The molecule has 15 heavy (non-hydrogen) atoms. The second-order valence-corrected chi connectivity index (χ2v) is 4.58. The minimum absolute atomic E-state index is 0.207. The highest BCUT2D eigenvalue weighted by atomic mass is 35.5. The van der Waals surface area contributed by atoms with Crippen LogP contribution in [-0.4, -0.2) is 11.8 Å². The normalized spacial score (nSPS) is 20.3. The molecule has 0 aromatic heterocycles. The van der Waals surface area contributed by atoms with Crippen molar-refractivity contribution in [2.75, 3.05) is 0 Å². The monoisotopic (exact) mass is 223 g/mol.